The molecule has 0 unspecified atom stereocenters. The summed E-state index contributed by atoms with van der Waals surface area (Å²) in [4.78, 5) is 16.0. The number of hydrogen-bond donors (Lipinski definition) is 0. The molecule has 1 aromatic heterocycles. The van der Waals surface area contributed by atoms with E-state index >= 15 is 0 Å². The van der Waals surface area contributed by atoms with Gasteiger partial charge in [-0.3, -0.25) is 9.78 Å². The second-order valence-corrected chi connectivity index (χ2v) is 4.00. The highest BCUT2D eigenvalue weighted by Gasteiger charge is 2.18. The molecule has 2 rings (SSSR count). The third-order valence-electron chi connectivity index (χ3n) is 2.30. The number of pyridine rings is 1. The molecule has 0 fully saturated rings. The molecule has 0 spiro atoms. The minimum absolute atomic E-state index is 0.0107. The molecule has 1 heterocycles. The Bertz CT molecular complexity index is 590. The van der Waals surface area contributed by atoms with E-state index in [1.807, 2.05) is 0 Å². The topological polar surface area (TPSA) is 39.2 Å². The Kier molecular flexibility index (Phi) is 4.06. The molecule has 0 saturated carbocycles. The minimum Gasteiger partial charge on any atom is -0.434 e. The Morgan fingerprint density at radius 2 is 2.05 bits per heavy atom. The van der Waals surface area contributed by atoms with Crippen molar-refractivity contribution in [2.24, 2.45) is 0 Å². The van der Waals surface area contributed by atoms with Crippen molar-refractivity contribution >= 4 is 17.4 Å². The first kappa shape index (κ1) is 13.4. The average molecular weight is 284 g/mol. The normalized spacial score (nSPS) is 10.5. The van der Waals surface area contributed by atoms with E-state index < -0.39 is 12.4 Å². The molecule has 0 bridgehead atoms. The number of ether oxygens (including phenoxy) is 1. The Balaban J connectivity index is 2.41. The van der Waals surface area contributed by atoms with Crippen LogP contribution in [-0.4, -0.2) is 17.4 Å². The Labute approximate surface area is 112 Å². The second-order valence-electron chi connectivity index (χ2n) is 3.56. The van der Waals surface area contributed by atoms with Gasteiger partial charge in [0, 0.05) is 11.2 Å². The van der Waals surface area contributed by atoms with E-state index in [1.54, 1.807) is 12.1 Å². The summed E-state index contributed by atoms with van der Waals surface area (Å²) in [6.07, 6.45) is 1.44. The number of aromatic nitrogens is 1. The number of rotatable bonds is 4. The molecule has 6 heteroatoms. The molecular formula is C13H8ClF2NO2. The molecule has 0 aliphatic carbocycles. The van der Waals surface area contributed by atoms with Crippen LogP contribution in [0.4, 0.5) is 8.78 Å². The van der Waals surface area contributed by atoms with Crippen molar-refractivity contribution in [3.63, 3.8) is 0 Å². The van der Waals surface area contributed by atoms with Gasteiger partial charge in [0.1, 0.15) is 11.4 Å². The van der Waals surface area contributed by atoms with Gasteiger partial charge in [-0.15, -0.1) is 0 Å². The van der Waals surface area contributed by atoms with Gasteiger partial charge in [0.15, 0.2) is 0 Å². The summed E-state index contributed by atoms with van der Waals surface area (Å²) in [5.74, 6) is -0.772. The molecule has 19 heavy (non-hydrogen) atoms. The van der Waals surface area contributed by atoms with Crippen LogP contribution < -0.4 is 4.74 Å². The number of halogens is 3. The Morgan fingerprint density at radius 1 is 1.26 bits per heavy atom. The fraction of sp³-hybridized carbons (Fsp3) is 0.0769. The number of nitrogens with zero attached hydrogens (tertiary/aromatic N) is 1. The van der Waals surface area contributed by atoms with Gasteiger partial charge in [-0.25, -0.2) is 0 Å². The zero-order chi connectivity index (χ0) is 13.8. The van der Waals surface area contributed by atoms with Gasteiger partial charge in [-0.1, -0.05) is 17.7 Å². The van der Waals surface area contributed by atoms with E-state index in [-0.39, 0.29) is 22.0 Å². The highest BCUT2D eigenvalue weighted by molar-refractivity contribution is 6.31. The summed E-state index contributed by atoms with van der Waals surface area (Å²) in [6.45, 7) is -3.03. The maximum atomic E-state index is 12.3. The molecule has 1 aromatic carbocycles. The van der Waals surface area contributed by atoms with Crippen LogP contribution in [0, 0.1) is 0 Å². The third kappa shape index (κ3) is 3.26. The lowest BCUT2D eigenvalue weighted by Crippen LogP contribution is -2.09. The number of benzene rings is 1. The summed E-state index contributed by atoms with van der Waals surface area (Å²) >= 11 is 5.70. The SMILES string of the molecule is O=C(c1ccccn1)c1ccc(Cl)cc1OC(F)F. The van der Waals surface area contributed by atoms with Crippen LogP contribution in [-0.2, 0) is 0 Å². The summed E-state index contributed by atoms with van der Waals surface area (Å²) in [5.41, 5.74) is 0.132. The van der Waals surface area contributed by atoms with E-state index in [0.29, 0.717) is 0 Å². The van der Waals surface area contributed by atoms with E-state index in [4.69, 9.17) is 11.6 Å². The third-order valence-corrected chi connectivity index (χ3v) is 2.54. The summed E-state index contributed by atoms with van der Waals surface area (Å²) in [5, 5.41) is 0.202. The van der Waals surface area contributed by atoms with Gasteiger partial charge in [0.05, 0.1) is 5.56 Å². The number of carbonyl (C=O) groups excluding carboxylic acids is 1. The van der Waals surface area contributed by atoms with Crippen LogP contribution in [0.15, 0.2) is 42.6 Å². The van der Waals surface area contributed by atoms with Gasteiger partial charge in [-0.2, -0.15) is 8.78 Å². The first-order valence-electron chi connectivity index (χ1n) is 5.28. The standard InChI is InChI=1S/C13H8ClF2NO2/c14-8-4-5-9(11(7-8)19-13(15)16)12(18)10-3-1-2-6-17-10/h1-7,13H. The summed E-state index contributed by atoms with van der Waals surface area (Å²) in [6, 6.07) is 8.69. The zero-order valence-electron chi connectivity index (χ0n) is 9.52. The molecule has 0 aliphatic heterocycles. The van der Waals surface area contributed by atoms with Crippen LogP contribution >= 0.6 is 11.6 Å². The monoisotopic (exact) mass is 283 g/mol. The van der Waals surface area contributed by atoms with E-state index in [2.05, 4.69) is 9.72 Å². The van der Waals surface area contributed by atoms with Crippen molar-refractivity contribution in [1.29, 1.82) is 0 Å². The molecule has 0 saturated heterocycles. The van der Waals surface area contributed by atoms with Gasteiger partial charge < -0.3 is 4.74 Å². The quantitative estimate of drug-likeness (QED) is 0.805. The molecule has 98 valence electrons. The number of alkyl halides is 2. The Hall–Kier alpha value is -2.01. The number of hydrogen-bond acceptors (Lipinski definition) is 3. The predicted octanol–water partition coefficient (Wildman–Crippen LogP) is 3.57. The van der Waals surface area contributed by atoms with Crippen molar-refractivity contribution in [2.75, 3.05) is 0 Å². The summed E-state index contributed by atoms with van der Waals surface area (Å²) in [7, 11) is 0. The second kappa shape index (κ2) is 5.75. The molecule has 0 atom stereocenters. The highest BCUT2D eigenvalue weighted by atomic mass is 35.5. The fourth-order valence-electron chi connectivity index (χ4n) is 1.51. The van der Waals surface area contributed by atoms with Gasteiger partial charge in [-0.05, 0) is 30.3 Å². The van der Waals surface area contributed by atoms with Crippen molar-refractivity contribution in [2.45, 2.75) is 6.61 Å². The van der Waals surface area contributed by atoms with E-state index in [9.17, 15) is 13.6 Å². The molecule has 0 N–H and O–H groups in total. The fourth-order valence-corrected chi connectivity index (χ4v) is 1.67. The van der Waals surface area contributed by atoms with Gasteiger partial charge in [0.2, 0.25) is 5.78 Å². The number of carbonyl (C=O) groups is 1. The predicted molar refractivity (Wildman–Crippen MR) is 65.8 cm³/mol. The van der Waals surface area contributed by atoms with Gasteiger partial charge >= 0.3 is 6.61 Å². The smallest absolute Gasteiger partial charge is 0.387 e. The minimum atomic E-state index is -3.03. The lowest BCUT2D eigenvalue weighted by Gasteiger charge is -2.10. The number of ketones is 1. The molecule has 3 nitrogen and oxygen atoms in total. The largest absolute Gasteiger partial charge is 0.434 e. The first-order valence-corrected chi connectivity index (χ1v) is 5.66. The first-order chi connectivity index (χ1) is 9.08. The van der Waals surface area contributed by atoms with Crippen LogP contribution in [0.2, 0.25) is 5.02 Å². The van der Waals surface area contributed by atoms with Crippen LogP contribution in [0.25, 0.3) is 0 Å². The van der Waals surface area contributed by atoms with E-state index in [1.165, 1.54) is 30.5 Å². The van der Waals surface area contributed by atoms with E-state index in [0.717, 1.165) is 0 Å². The highest BCUT2D eigenvalue weighted by Crippen LogP contribution is 2.26. The molecule has 0 amide bonds. The van der Waals surface area contributed by atoms with Crippen LogP contribution in [0.1, 0.15) is 16.1 Å². The van der Waals surface area contributed by atoms with Crippen molar-refractivity contribution in [3.8, 4) is 5.75 Å². The van der Waals surface area contributed by atoms with Crippen molar-refractivity contribution < 1.29 is 18.3 Å². The van der Waals surface area contributed by atoms with Crippen molar-refractivity contribution in [1.82, 2.24) is 4.98 Å². The van der Waals surface area contributed by atoms with Crippen LogP contribution in [0.5, 0.6) is 5.75 Å². The maximum Gasteiger partial charge on any atom is 0.387 e. The average Bonchev–Trinajstić information content (AvgIpc) is 2.38. The summed E-state index contributed by atoms with van der Waals surface area (Å²) < 4.78 is 28.9. The Morgan fingerprint density at radius 3 is 2.68 bits per heavy atom. The lowest BCUT2D eigenvalue weighted by molar-refractivity contribution is -0.0501. The van der Waals surface area contributed by atoms with Gasteiger partial charge in [0.25, 0.3) is 0 Å². The van der Waals surface area contributed by atoms with Crippen LogP contribution in [0.3, 0.4) is 0 Å². The lowest BCUT2D eigenvalue weighted by atomic mass is 10.1. The molecule has 2 aromatic rings. The molecule has 0 radical (unpaired) electrons. The molecular weight excluding hydrogens is 276 g/mol. The zero-order valence-corrected chi connectivity index (χ0v) is 10.3. The molecule has 0 aliphatic rings. The van der Waals surface area contributed by atoms with Crippen molar-refractivity contribution in [3.05, 3.63) is 58.9 Å². The maximum absolute atomic E-state index is 12.3.